The Morgan fingerprint density at radius 3 is 2.84 bits per heavy atom. The summed E-state index contributed by atoms with van der Waals surface area (Å²) in [6.45, 7) is 1.53. The summed E-state index contributed by atoms with van der Waals surface area (Å²) < 4.78 is 5.79. The molecule has 3 heterocycles. The van der Waals surface area contributed by atoms with E-state index in [0.29, 0.717) is 33.3 Å². The van der Waals surface area contributed by atoms with Gasteiger partial charge in [-0.1, -0.05) is 23.5 Å². The van der Waals surface area contributed by atoms with Gasteiger partial charge in [0.1, 0.15) is 5.75 Å². The molecular weight excluding hydrogens is 336 g/mol. The van der Waals surface area contributed by atoms with E-state index in [1.807, 2.05) is 0 Å². The van der Waals surface area contributed by atoms with E-state index in [1.165, 1.54) is 24.7 Å². The number of carbonyl (C=O) groups is 2. The quantitative estimate of drug-likeness (QED) is 0.806. The molecule has 2 fully saturated rings. The van der Waals surface area contributed by atoms with Gasteiger partial charge in [0, 0.05) is 23.7 Å². The summed E-state index contributed by atoms with van der Waals surface area (Å²) in [6.07, 6.45) is 3.37. The van der Waals surface area contributed by atoms with E-state index < -0.39 is 0 Å². The topological polar surface area (TPSA) is 67.4 Å². The molecule has 130 valence electrons. The molecule has 6 heteroatoms. The van der Waals surface area contributed by atoms with Crippen molar-refractivity contribution in [3.8, 4) is 10.8 Å². The average Bonchev–Trinajstić information content (AvgIpc) is 3.31. The van der Waals surface area contributed by atoms with Crippen LogP contribution in [0.5, 0.6) is 10.8 Å². The van der Waals surface area contributed by atoms with Gasteiger partial charge >= 0.3 is 0 Å². The highest BCUT2D eigenvalue weighted by molar-refractivity contribution is 7.15. The van der Waals surface area contributed by atoms with Crippen LogP contribution >= 0.6 is 11.3 Å². The van der Waals surface area contributed by atoms with Crippen LogP contribution in [0.3, 0.4) is 0 Å². The molecule has 0 aliphatic carbocycles. The van der Waals surface area contributed by atoms with Crippen LogP contribution in [-0.2, 0) is 0 Å². The van der Waals surface area contributed by atoms with E-state index >= 15 is 0 Å². The van der Waals surface area contributed by atoms with Gasteiger partial charge in [-0.25, -0.2) is 0 Å². The number of hydrogen-bond acceptors (Lipinski definition) is 5. The first-order valence-electron chi connectivity index (χ1n) is 8.54. The van der Waals surface area contributed by atoms with Crippen molar-refractivity contribution in [1.82, 2.24) is 10.6 Å². The summed E-state index contributed by atoms with van der Waals surface area (Å²) in [5, 5.41) is 7.30. The van der Waals surface area contributed by atoms with Crippen LogP contribution in [0, 0.1) is 0 Å². The van der Waals surface area contributed by atoms with Crippen LogP contribution in [0.4, 0.5) is 0 Å². The van der Waals surface area contributed by atoms with E-state index in [4.69, 9.17) is 4.74 Å². The first kappa shape index (κ1) is 16.3. The number of ketones is 1. The molecule has 5 nitrogen and oxygen atoms in total. The molecule has 2 aromatic rings. The number of carbonyl (C=O) groups excluding carboxylic acids is 2. The number of fused-ring (bicyclic) bond motifs is 2. The summed E-state index contributed by atoms with van der Waals surface area (Å²) in [5.41, 5.74) is 0.607. The summed E-state index contributed by atoms with van der Waals surface area (Å²) in [7, 11) is 0. The first-order valence-corrected chi connectivity index (χ1v) is 9.36. The van der Waals surface area contributed by atoms with Gasteiger partial charge < -0.3 is 15.4 Å². The fourth-order valence-electron chi connectivity index (χ4n) is 3.61. The van der Waals surface area contributed by atoms with Crippen LogP contribution in [0.2, 0.25) is 0 Å². The van der Waals surface area contributed by atoms with E-state index in [2.05, 4.69) is 10.6 Å². The van der Waals surface area contributed by atoms with Crippen LogP contribution in [-0.4, -0.2) is 29.8 Å². The number of Topliss-reactive ketones (excluding diaryl/α,β-unsaturated/α-hetero) is 1. The maximum Gasteiger partial charge on any atom is 0.261 e. The highest BCUT2D eigenvalue weighted by atomic mass is 32.1. The van der Waals surface area contributed by atoms with Crippen molar-refractivity contribution in [2.45, 2.75) is 44.3 Å². The van der Waals surface area contributed by atoms with Crippen molar-refractivity contribution < 1.29 is 14.3 Å². The maximum atomic E-state index is 12.5. The Morgan fingerprint density at radius 1 is 1.24 bits per heavy atom. The predicted octanol–water partition coefficient (Wildman–Crippen LogP) is 3.37. The van der Waals surface area contributed by atoms with Crippen molar-refractivity contribution in [1.29, 1.82) is 0 Å². The van der Waals surface area contributed by atoms with Gasteiger partial charge in [0.05, 0.1) is 4.88 Å². The molecule has 0 unspecified atom stereocenters. The third-order valence-electron chi connectivity index (χ3n) is 4.88. The van der Waals surface area contributed by atoms with E-state index in [0.717, 1.165) is 12.8 Å². The molecule has 0 radical (unpaired) electrons. The Bertz CT molecular complexity index is 817. The van der Waals surface area contributed by atoms with Crippen LogP contribution in [0.1, 0.15) is 46.2 Å². The second kappa shape index (κ2) is 6.61. The summed E-state index contributed by atoms with van der Waals surface area (Å²) >= 11 is 1.31. The predicted molar refractivity (Wildman–Crippen MR) is 96.7 cm³/mol. The molecule has 0 saturated carbocycles. The fourth-order valence-corrected chi connectivity index (χ4v) is 4.39. The van der Waals surface area contributed by atoms with Gasteiger partial charge in [-0.2, -0.15) is 0 Å². The zero-order chi connectivity index (χ0) is 17.4. The second-order valence-electron chi connectivity index (χ2n) is 6.67. The minimum Gasteiger partial charge on any atom is -0.447 e. The van der Waals surface area contributed by atoms with Gasteiger partial charge in [-0.05, 0) is 50.5 Å². The normalized spacial score (nSPS) is 24.3. The third kappa shape index (κ3) is 3.45. The third-order valence-corrected chi connectivity index (χ3v) is 5.84. The Morgan fingerprint density at radius 2 is 2.12 bits per heavy atom. The molecule has 1 aromatic heterocycles. The molecule has 3 atom stereocenters. The molecule has 2 N–H and O–H groups in total. The van der Waals surface area contributed by atoms with Crippen molar-refractivity contribution in [2.75, 3.05) is 0 Å². The lowest BCUT2D eigenvalue weighted by molar-refractivity contribution is 0.0934. The molecule has 4 rings (SSSR count). The molecule has 1 aromatic carbocycles. The maximum absolute atomic E-state index is 12.5. The number of thiophene rings is 1. The largest absolute Gasteiger partial charge is 0.447 e. The van der Waals surface area contributed by atoms with Crippen molar-refractivity contribution in [2.24, 2.45) is 0 Å². The van der Waals surface area contributed by atoms with Crippen molar-refractivity contribution in [3.05, 3.63) is 46.8 Å². The Labute approximate surface area is 150 Å². The molecule has 1 amide bonds. The van der Waals surface area contributed by atoms with E-state index in [1.54, 1.807) is 36.4 Å². The number of hydrogen-bond donors (Lipinski definition) is 2. The van der Waals surface area contributed by atoms with Gasteiger partial charge in [0.2, 0.25) is 0 Å². The highest BCUT2D eigenvalue weighted by Crippen LogP contribution is 2.31. The van der Waals surface area contributed by atoms with E-state index in [-0.39, 0.29) is 17.7 Å². The lowest BCUT2D eigenvalue weighted by Gasteiger charge is -2.20. The minimum absolute atomic E-state index is 0.00355. The zero-order valence-electron chi connectivity index (χ0n) is 14.0. The van der Waals surface area contributed by atoms with Gasteiger partial charge in [-0.15, -0.1) is 0 Å². The number of amides is 1. The molecule has 2 saturated heterocycles. The lowest BCUT2D eigenvalue weighted by Crippen LogP contribution is -2.42. The zero-order valence-corrected chi connectivity index (χ0v) is 14.8. The standard InChI is InChI=1S/C19H20N2O3S/c1-11(22)12-3-2-4-14(9-12)24-18-8-7-17(25-18)19(23)21-16-10-13-5-6-15(16)20-13/h2-4,7-9,13,15-16,20H,5-6,10H2,1H3,(H,21,23)/t13-,15+,16-/m1/s1. The average molecular weight is 356 g/mol. The van der Waals surface area contributed by atoms with Gasteiger partial charge in [-0.3, -0.25) is 9.59 Å². The highest BCUT2D eigenvalue weighted by Gasteiger charge is 2.39. The van der Waals surface area contributed by atoms with E-state index in [9.17, 15) is 9.59 Å². The fraction of sp³-hybridized carbons (Fsp3) is 0.368. The second-order valence-corrected chi connectivity index (χ2v) is 7.71. The Hall–Kier alpha value is -2.18. The van der Waals surface area contributed by atoms with Crippen molar-refractivity contribution >= 4 is 23.0 Å². The first-order chi connectivity index (χ1) is 12.1. The monoisotopic (exact) mass is 356 g/mol. The molecule has 2 aliphatic heterocycles. The minimum atomic E-state index is -0.0447. The Kier molecular flexibility index (Phi) is 4.31. The summed E-state index contributed by atoms with van der Waals surface area (Å²) in [6, 6.07) is 11.8. The number of rotatable bonds is 5. The SMILES string of the molecule is CC(=O)c1cccc(Oc2ccc(C(=O)N[C@@H]3C[C@H]4CC[C@@H]3N4)s2)c1. The molecule has 2 aliphatic rings. The molecule has 0 spiro atoms. The number of nitrogens with one attached hydrogen (secondary N) is 2. The van der Waals surface area contributed by atoms with Crippen LogP contribution < -0.4 is 15.4 Å². The van der Waals surface area contributed by atoms with Gasteiger partial charge in [0.25, 0.3) is 5.91 Å². The van der Waals surface area contributed by atoms with Crippen molar-refractivity contribution in [3.63, 3.8) is 0 Å². The summed E-state index contributed by atoms with van der Waals surface area (Å²) in [4.78, 5) is 24.5. The Balaban J connectivity index is 1.40. The molecule has 2 bridgehead atoms. The molecular formula is C19H20N2O3S. The van der Waals surface area contributed by atoms with Crippen LogP contribution in [0.25, 0.3) is 0 Å². The number of benzene rings is 1. The summed E-state index contributed by atoms with van der Waals surface area (Å²) in [5.74, 6) is 0.548. The smallest absolute Gasteiger partial charge is 0.261 e. The van der Waals surface area contributed by atoms with Crippen LogP contribution in [0.15, 0.2) is 36.4 Å². The number of ether oxygens (including phenoxy) is 1. The van der Waals surface area contributed by atoms with Gasteiger partial charge in [0.15, 0.2) is 10.8 Å². The lowest BCUT2D eigenvalue weighted by atomic mass is 9.95. The molecule has 25 heavy (non-hydrogen) atoms.